The fraction of sp³-hybridized carbons (Fsp3) is 0.600. The van der Waals surface area contributed by atoms with Crippen molar-refractivity contribution in [3.63, 3.8) is 0 Å². The second-order valence-corrected chi connectivity index (χ2v) is 3.48. The summed E-state index contributed by atoms with van der Waals surface area (Å²) in [5.74, 6) is 0.411. The van der Waals surface area contributed by atoms with Crippen molar-refractivity contribution in [2.45, 2.75) is 20.3 Å². The second-order valence-electron chi connectivity index (χ2n) is 3.48. The summed E-state index contributed by atoms with van der Waals surface area (Å²) in [5.41, 5.74) is 1.25. The molecule has 0 aliphatic carbocycles. The molecule has 0 bridgehead atoms. The average Bonchev–Trinajstić information content (AvgIpc) is 2.20. The van der Waals surface area contributed by atoms with E-state index in [1.54, 1.807) is 20.0 Å². The third-order valence-electron chi connectivity index (χ3n) is 2.08. The number of aromatic nitrogens is 2. The molecule has 0 aliphatic rings. The van der Waals surface area contributed by atoms with E-state index in [4.69, 9.17) is 5.11 Å². The minimum Gasteiger partial charge on any atom is -0.395 e. The van der Waals surface area contributed by atoms with Gasteiger partial charge in [0.25, 0.3) is 6.43 Å². The van der Waals surface area contributed by atoms with Gasteiger partial charge in [0.2, 0.25) is 0 Å². The van der Waals surface area contributed by atoms with Crippen molar-refractivity contribution in [2.75, 3.05) is 24.6 Å². The molecule has 1 heterocycles. The highest BCUT2D eigenvalue weighted by atomic mass is 19.3. The molecule has 0 saturated carbocycles. The smallest absolute Gasteiger partial charge is 0.255 e. The van der Waals surface area contributed by atoms with Gasteiger partial charge in [-0.15, -0.1) is 0 Å². The van der Waals surface area contributed by atoms with Gasteiger partial charge in [-0.3, -0.25) is 4.98 Å². The minimum absolute atomic E-state index is 0.128. The van der Waals surface area contributed by atoms with E-state index >= 15 is 0 Å². The van der Waals surface area contributed by atoms with Crippen molar-refractivity contribution in [2.24, 2.45) is 0 Å². The van der Waals surface area contributed by atoms with Gasteiger partial charge in [-0.2, -0.15) is 0 Å². The SMILES string of the molecule is Cc1cnc(C)c(N(CCO)CC(F)F)n1. The monoisotopic (exact) mass is 231 g/mol. The van der Waals surface area contributed by atoms with Gasteiger partial charge in [-0.1, -0.05) is 0 Å². The number of hydrogen-bond donors (Lipinski definition) is 1. The number of hydrogen-bond acceptors (Lipinski definition) is 4. The summed E-state index contributed by atoms with van der Waals surface area (Å²) < 4.78 is 24.7. The van der Waals surface area contributed by atoms with E-state index in [0.717, 1.165) is 0 Å². The Morgan fingerprint density at radius 3 is 2.69 bits per heavy atom. The first-order chi connectivity index (χ1) is 7.54. The summed E-state index contributed by atoms with van der Waals surface area (Å²) in [5, 5.41) is 8.84. The van der Waals surface area contributed by atoms with Crippen molar-refractivity contribution in [1.82, 2.24) is 9.97 Å². The molecule has 4 nitrogen and oxygen atoms in total. The Balaban J connectivity index is 2.94. The Bertz CT molecular complexity index is 347. The topological polar surface area (TPSA) is 49.2 Å². The van der Waals surface area contributed by atoms with Crippen LogP contribution in [-0.4, -0.2) is 41.2 Å². The van der Waals surface area contributed by atoms with Crippen molar-refractivity contribution in [1.29, 1.82) is 0 Å². The summed E-state index contributed by atoms with van der Waals surface area (Å²) in [6.45, 7) is 2.94. The summed E-state index contributed by atoms with van der Waals surface area (Å²) in [6, 6.07) is 0. The van der Waals surface area contributed by atoms with E-state index in [1.807, 2.05) is 0 Å². The zero-order chi connectivity index (χ0) is 12.1. The molecule has 0 aromatic carbocycles. The molecule has 0 saturated heterocycles. The van der Waals surface area contributed by atoms with E-state index in [-0.39, 0.29) is 13.2 Å². The molecule has 1 aromatic rings. The predicted molar refractivity (Wildman–Crippen MR) is 56.8 cm³/mol. The van der Waals surface area contributed by atoms with Gasteiger partial charge < -0.3 is 10.0 Å². The number of halogens is 2. The Hall–Kier alpha value is -1.30. The Kier molecular flexibility index (Phi) is 4.54. The maximum absolute atomic E-state index is 12.4. The molecule has 0 radical (unpaired) electrons. The zero-order valence-corrected chi connectivity index (χ0v) is 9.32. The molecular formula is C10H15F2N3O. The normalized spacial score (nSPS) is 10.9. The first-order valence-electron chi connectivity index (χ1n) is 4.98. The maximum atomic E-state index is 12.4. The highest BCUT2D eigenvalue weighted by Gasteiger charge is 2.16. The number of aliphatic hydroxyl groups is 1. The van der Waals surface area contributed by atoms with Crippen LogP contribution in [0, 0.1) is 13.8 Å². The van der Waals surface area contributed by atoms with Crippen LogP contribution >= 0.6 is 0 Å². The van der Waals surface area contributed by atoms with E-state index in [2.05, 4.69) is 9.97 Å². The quantitative estimate of drug-likeness (QED) is 0.826. The Morgan fingerprint density at radius 2 is 2.12 bits per heavy atom. The molecule has 1 N–H and O–H groups in total. The van der Waals surface area contributed by atoms with E-state index in [1.165, 1.54) is 4.90 Å². The van der Waals surface area contributed by atoms with Gasteiger partial charge in [0, 0.05) is 12.7 Å². The molecule has 6 heteroatoms. The van der Waals surface area contributed by atoms with Crippen LogP contribution in [0.1, 0.15) is 11.4 Å². The van der Waals surface area contributed by atoms with Gasteiger partial charge in [0.15, 0.2) is 5.82 Å². The van der Waals surface area contributed by atoms with Crippen LogP contribution in [0.3, 0.4) is 0 Å². The fourth-order valence-corrected chi connectivity index (χ4v) is 1.40. The first kappa shape index (κ1) is 12.8. The van der Waals surface area contributed by atoms with Gasteiger partial charge in [0.05, 0.1) is 24.5 Å². The van der Waals surface area contributed by atoms with Crippen LogP contribution < -0.4 is 4.90 Å². The van der Waals surface area contributed by atoms with Crippen LogP contribution in [0.15, 0.2) is 6.20 Å². The van der Waals surface area contributed by atoms with Crippen molar-refractivity contribution in [3.05, 3.63) is 17.6 Å². The first-order valence-corrected chi connectivity index (χ1v) is 4.98. The highest BCUT2D eigenvalue weighted by molar-refractivity contribution is 5.43. The summed E-state index contributed by atoms with van der Waals surface area (Å²) in [7, 11) is 0. The molecule has 90 valence electrons. The standard InChI is InChI=1S/C10H15F2N3O/c1-7-5-13-8(2)10(14-7)15(3-4-16)6-9(11)12/h5,9,16H,3-4,6H2,1-2H3. The van der Waals surface area contributed by atoms with E-state index in [0.29, 0.717) is 17.2 Å². The van der Waals surface area contributed by atoms with Crippen molar-refractivity contribution >= 4 is 5.82 Å². The molecule has 1 aromatic heterocycles. The molecule has 0 atom stereocenters. The van der Waals surface area contributed by atoms with Crippen LogP contribution in [0.5, 0.6) is 0 Å². The van der Waals surface area contributed by atoms with Crippen molar-refractivity contribution in [3.8, 4) is 0 Å². The molecule has 0 unspecified atom stereocenters. The second kappa shape index (κ2) is 5.69. The van der Waals surface area contributed by atoms with E-state index < -0.39 is 13.0 Å². The average molecular weight is 231 g/mol. The largest absolute Gasteiger partial charge is 0.395 e. The molecular weight excluding hydrogens is 216 g/mol. The summed E-state index contributed by atoms with van der Waals surface area (Å²) >= 11 is 0. The molecule has 0 spiro atoms. The lowest BCUT2D eigenvalue weighted by Gasteiger charge is -2.23. The van der Waals surface area contributed by atoms with Gasteiger partial charge in [-0.05, 0) is 13.8 Å². The highest BCUT2D eigenvalue weighted by Crippen LogP contribution is 2.16. The third-order valence-corrected chi connectivity index (χ3v) is 2.08. The number of aliphatic hydroxyl groups excluding tert-OH is 1. The summed E-state index contributed by atoms with van der Waals surface area (Å²) in [4.78, 5) is 9.57. The number of alkyl halides is 2. The van der Waals surface area contributed by atoms with E-state index in [9.17, 15) is 8.78 Å². The zero-order valence-electron chi connectivity index (χ0n) is 9.32. The molecule has 16 heavy (non-hydrogen) atoms. The Morgan fingerprint density at radius 1 is 1.44 bits per heavy atom. The molecule has 0 aliphatic heterocycles. The van der Waals surface area contributed by atoms with Crippen LogP contribution in [-0.2, 0) is 0 Å². The lowest BCUT2D eigenvalue weighted by atomic mass is 10.3. The van der Waals surface area contributed by atoms with Crippen LogP contribution in [0.2, 0.25) is 0 Å². The minimum atomic E-state index is -2.46. The van der Waals surface area contributed by atoms with Gasteiger partial charge in [-0.25, -0.2) is 13.8 Å². The van der Waals surface area contributed by atoms with Crippen LogP contribution in [0.25, 0.3) is 0 Å². The van der Waals surface area contributed by atoms with Crippen LogP contribution in [0.4, 0.5) is 14.6 Å². The fourth-order valence-electron chi connectivity index (χ4n) is 1.40. The lowest BCUT2D eigenvalue weighted by molar-refractivity contribution is 0.152. The number of anilines is 1. The lowest BCUT2D eigenvalue weighted by Crippen LogP contribution is -2.33. The van der Waals surface area contributed by atoms with Gasteiger partial charge in [0.1, 0.15) is 0 Å². The number of nitrogens with zero attached hydrogens (tertiary/aromatic N) is 3. The third kappa shape index (κ3) is 3.37. The molecule has 1 rings (SSSR count). The van der Waals surface area contributed by atoms with Crippen molar-refractivity contribution < 1.29 is 13.9 Å². The number of rotatable bonds is 5. The summed E-state index contributed by atoms with van der Waals surface area (Å²) in [6.07, 6.45) is -0.883. The Labute approximate surface area is 92.9 Å². The predicted octanol–water partition coefficient (Wildman–Crippen LogP) is 1.16. The molecule has 0 fully saturated rings. The number of aryl methyl sites for hydroxylation is 2. The van der Waals surface area contributed by atoms with Gasteiger partial charge >= 0.3 is 0 Å². The maximum Gasteiger partial charge on any atom is 0.255 e. The molecule has 0 amide bonds.